The van der Waals surface area contributed by atoms with Gasteiger partial charge in [-0.05, 0) is 61.9 Å². The predicted octanol–water partition coefficient (Wildman–Crippen LogP) is 5.25. The Labute approximate surface area is 159 Å². The normalized spacial score (nSPS) is 11.0. The van der Waals surface area contributed by atoms with Crippen molar-refractivity contribution in [2.75, 3.05) is 25.1 Å². The topological polar surface area (TPSA) is 26.6 Å². The number of nitrogens with zero attached hydrogens (tertiary/aromatic N) is 1. The van der Waals surface area contributed by atoms with Crippen molar-refractivity contribution >= 4 is 29.2 Å². The first-order valence-electron chi connectivity index (χ1n) is 8.91. The third-order valence-electron chi connectivity index (χ3n) is 4.41. The number of anilines is 1. The summed E-state index contributed by atoms with van der Waals surface area (Å²) in [6.07, 6.45) is 4.27. The first kappa shape index (κ1) is 18.2. The molecule has 0 bridgehead atoms. The molecule has 0 aliphatic heterocycles. The summed E-state index contributed by atoms with van der Waals surface area (Å²) in [6, 6.07) is 16.8. The second kappa shape index (κ2) is 8.68. The Hall–Kier alpha value is -2.59. The van der Waals surface area contributed by atoms with Gasteiger partial charge in [0, 0.05) is 30.4 Å². The van der Waals surface area contributed by atoms with Crippen molar-refractivity contribution in [1.29, 1.82) is 0 Å². The molecular formula is C22H25N2OS+. The van der Waals surface area contributed by atoms with Gasteiger partial charge in [-0.2, -0.15) is 4.98 Å². The molecule has 0 fully saturated rings. The molecule has 0 atom stereocenters. The van der Waals surface area contributed by atoms with Crippen molar-refractivity contribution in [3.8, 4) is 17.0 Å². The molecule has 134 valence electrons. The van der Waals surface area contributed by atoms with Gasteiger partial charge in [0.05, 0.1) is 12.5 Å². The number of hydrogen-bond donors (Lipinski definition) is 0. The Morgan fingerprint density at radius 1 is 0.962 bits per heavy atom. The van der Waals surface area contributed by atoms with E-state index < -0.39 is 0 Å². The van der Waals surface area contributed by atoms with Gasteiger partial charge >= 0.3 is 0 Å². The van der Waals surface area contributed by atoms with Crippen LogP contribution in [-0.4, -0.2) is 20.2 Å². The fourth-order valence-corrected chi connectivity index (χ4v) is 3.62. The van der Waals surface area contributed by atoms with Gasteiger partial charge in [-0.3, -0.25) is 0 Å². The minimum Gasteiger partial charge on any atom is -0.497 e. The van der Waals surface area contributed by atoms with Crippen LogP contribution in [0.2, 0.25) is 0 Å². The molecule has 4 heteroatoms. The van der Waals surface area contributed by atoms with Gasteiger partial charge in [-0.25, -0.2) is 0 Å². The molecule has 2 aromatic carbocycles. The van der Waals surface area contributed by atoms with Crippen molar-refractivity contribution in [1.82, 2.24) is 0 Å². The van der Waals surface area contributed by atoms with Crippen LogP contribution < -0.4 is 14.6 Å². The van der Waals surface area contributed by atoms with Crippen molar-refractivity contribution in [3.05, 3.63) is 64.5 Å². The molecular weight excluding hydrogens is 340 g/mol. The summed E-state index contributed by atoms with van der Waals surface area (Å²) >= 11 is 1.71. The molecule has 0 saturated carbocycles. The number of thiazole rings is 1. The van der Waals surface area contributed by atoms with E-state index in [1.54, 1.807) is 18.4 Å². The quantitative estimate of drug-likeness (QED) is 0.571. The van der Waals surface area contributed by atoms with Gasteiger partial charge in [0.25, 0.3) is 5.01 Å². The molecule has 3 aromatic rings. The predicted molar refractivity (Wildman–Crippen MR) is 112 cm³/mol. The highest BCUT2D eigenvalue weighted by Crippen LogP contribution is 2.22. The van der Waals surface area contributed by atoms with Crippen LogP contribution >= 0.6 is 11.3 Å². The van der Waals surface area contributed by atoms with Crippen LogP contribution in [0.25, 0.3) is 23.4 Å². The molecule has 26 heavy (non-hydrogen) atoms. The Bertz CT molecular complexity index is 847. The summed E-state index contributed by atoms with van der Waals surface area (Å²) in [4.78, 5) is 5.82. The average Bonchev–Trinajstić information content (AvgIpc) is 3.17. The van der Waals surface area contributed by atoms with E-state index in [2.05, 4.69) is 77.7 Å². The molecule has 0 aliphatic rings. The zero-order chi connectivity index (χ0) is 18.4. The lowest BCUT2D eigenvalue weighted by atomic mass is 10.1. The van der Waals surface area contributed by atoms with E-state index in [0.717, 1.165) is 35.1 Å². The first-order valence-corrected chi connectivity index (χ1v) is 9.79. The monoisotopic (exact) mass is 365 g/mol. The number of hydrogen-bond acceptors (Lipinski definition) is 3. The number of nitrogens with one attached hydrogen (secondary N) is 1. The fraction of sp³-hybridized carbons (Fsp3) is 0.227. The van der Waals surface area contributed by atoms with E-state index in [-0.39, 0.29) is 0 Å². The summed E-state index contributed by atoms with van der Waals surface area (Å²) in [5.74, 6) is 0.872. The summed E-state index contributed by atoms with van der Waals surface area (Å²) < 4.78 is 5.21. The maximum Gasteiger partial charge on any atom is 0.260 e. The number of methoxy groups -OCH3 is 1. The van der Waals surface area contributed by atoms with Gasteiger partial charge < -0.3 is 9.64 Å². The molecule has 0 amide bonds. The smallest absolute Gasteiger partial charge is 0.260 e. The van der Waals surface area contributed by atoms with Gasteiger partial charge in [0.1, 0.15) is 5.75 Å². The Morgan fingerprint density at radius 2 is 1.65 bits per heavy atom. The lowest BCUT2D eigenvalue weighted by molar-refractivity contribution is -0.360. The SMILES string of the molecule is CCN(CC)c1ccc(/C=C/c2[nH+]c(-c3ccc(OC)cc3)cs2)cc1. The highest BCUT2D eigenvalue weighted by Gasteiger charge is 2.10. The molecule has 1 aromatic heterocycles. The maximum atomic E-state index is 5.21. The lowest BCUT2D eigenvalue weighted by Gasteiger charge is -2.20. The number of aromatic amines is 1. The van der Waals surface area contributed by atoms with Crippen molar-refractivity contribution < 1.29 is 9.72 Å². The Balaban J connectivity index is 1.70. The lowest BCUT2D eigenvalue weighted by Crippen LogP contribution is -2.21. The Kier molecular flexibility index (Phi) is 6.08. The van der Waals surface area contributed by atoms with Crippen molar-refractivity contribution in [3.63, 3.8) is 0 Å². The van der Waals surface area contributed by atoms with Gasteiger partial charge in [-0.15, -0.1) is 0 Å². The third-order valence-corrected chi connectivity index (χ3v) is 5.26. The zero-order valence-corrected chi connectivity index (χ0v) is 16.3. The highest BCUT2D eigenvalue weighted by atomic mass is 32.1. The molecule has 0 spiro atoms. The summed E-state index contributed by atoms with van der Waals surface area (Å²) in [5, 5.41) is 3.27. The molecule has 0 aliphatic carbocycles. The summed E-state index contributed by atoms with van der Waals surface area (Å²) in [5.41, 5.74) is 4.75. The standard InChI is InChI=1S/C22H24N2OS/c1-4-24(5-2)19-11-6-17(7-12-19)8-15-22-23-21(16-26-22)18-9-13-20(25-3)14-10-18/h6-16H,4-5H2,1-3H3/p+1/b15-8+. The van der Waals surface area contributed by atoms with Crippen LogP contribution in [0, 0.1) is 0 Å². The first-order chi connectivity index (χ1) is 12.7. The Morgan fingerprint density at radius 3 is 2.27 bits per heavy atom. The number of H-pyrrole nitrogens is 1. The molecule has 3 rings (SSSR count). The van der Waals surface area contributed by atoms with Crippen LogP contribution in [0.4, 0.5) is 5.69 Å². The summed E-state index contributed by atoms with van der Waals surface area (Å²) in [7, 11) is 1.68. The molecule has 1 N–H and O–H groups in total. The van der Waals surface area contributed by atoms with E-state index in [4.69, 9.17) is 4.74 Å². The van der Waals surface area contributed by atoms with Crippen LogP contribution in [0.15, 0.2) is 53.9 Å². The van der Waals surface area contributed by atoms with Crippen LogP contribution in [0.1, 0.15) is 24.4 Å². The number of aromatic nitrogens is 1. The number of ether oxygens (including phenoxy) is 1. The van der Waals surface area contributed by atoms with E-state index in [9.17, 15) is 0 Å². The van der Waals surface area contributed by atoms with E-state index in [0.29, 0.717) is 0 Å². The van der Waals surface area contributed by atoms with Gasteiger partial charge in [0.15, 0.2) is 0 Å². The van der Waals surface area contributed by atoms with Crippen molar-refractivity contribution in [2.45, 2.75) is 13.8 Å². The van der Waals surface area contributed by atoms with Crippen LogP contribution in [0.3, 0.4) is 0 Å². The number of benzene rings is 2. The zero-order valence-electron chi connectivity index (χ0n) is 15.5. The molecule has 1 heterocycles. The molecule has 0 saturated heterocycles. The van der Waals surface area contributed by atoms with E-state index in [1.165, 1.54) is 11.3 Å². The molecule has 0 unspecified atom stereocenters. The largest absolute Gasteiger partial charge is 0.497 e. The molecule has 3 nitrogen and oxygen atoms in total. The fourth-order valence-electron chi connectivity index (χ4n) is 2.86. The average molecular weight is 366 g/mol. The van der Waals surface area contributed by atoms with Crippen LogP contribution in [0.5, 0.6) is 5.75 Å². The van der Waals surface area contributed by atoms with Gasteiger partial charge in [-0.1, -0.05) is 23.5 Å². The second-order valence-electron chi connectivity index (χ2n) is 5.96. The number of rotatable bonds is 7. The second-order valence-corrected chi connectivity index (χ2v) is 6.88. The van der Waals surface area contributed by atoms with Crippen LogP contribution in [-0.2, 0) is 0 Å². The van der Waals surface area contributed by atoms with E-state index in [1.807, 2.05) is 12.1 Å². The van der Waals surface area contributed by atoms with Crippen molar-refractivity contribution in [2.24, 2.45) is 0 Å². The third kappa shape index (κ3) is 4.33. The molecule has 0 radical (unpaired) electrons. The highest BCUT2D eigenvalue weighted by molar-refractivity contribution is 7.10. The minimum absolute atomic E-state index is 0.872. The van der Waals surface area contributed by atoms with Gasteiger partial charge in [0.2, 0.25) is 5.69 Å². The maximum absolute atomic E-state index is 5.21. The minimum atomic E-state index is 0.872. The van der Waals surface area contributed by atoms with E-state index >= 15 is 0 Å². The summed E-state index contributed by atoms with van der Waals surface area (Å²) in [6.45, 7) is 6.43.